The Hall–Kier alpha value is -2.23. The molecule has 0 saturated carbocycles. The molecule has 0 spiro atoms. The van der Waals surface area contributed by atoms with Gasteiger partial charge in [-0.15, -0.1) is 0 Å². The van der Waals surface area contributed by atoms with Crippen LogP contribution < -0.4 is 5.56 Å². The second-order valence-electron chi connectivity index (χ2n) is 3.42. The molecule has 0 unspecified atom stereocenters. The molecule has 0 aliphatic carbocycles. The predicted molar refractivity (Wildman–Crippen MR) is 60.3 cm³/mol. The number of hydrogen-bond donors (Lipinski definition) is 1. The summed E-state index contributed by atoms with van der Waals surface area (Å²) >= 11 is 0. The van der Waals surface area contributed by atoms with E-state index in [9.17, 15) is 9.59 Å². The molecule has 2 aromatic rings. The van der Waals surface area contributed by atoms with E-state index in [1.807, 2.05) is 30.3 Å². The van der Waals surface area contributed by atoms with E-state index in [0.29, 0.717) is 5.69 Å². The highest BCUT2D eigenvalue weighted by Gasteiger charge is 2.08. The van der Waals surface area contributed by atoms with Crippen LogP contribution in [0.5, 0.6) is 0 Å². The van der Waals surface area contributed by atoms with E-state index in [0.717, 1.165) is 5.56 Å². The van der Waals surface area contributed by atoms with Crippen molar-refractivity contribution in [1.29, 1.82) is 0 Å². The Balaban J connectivity index is 2.57. The van der Waals surface area contributed by atoms with Gasteiger partial charge >= 0.3 is 0 Å². The number of carbonyl (C=O) groups is 1. The average Bonchev–Trinajstić information content (AvgIpc) is 2.30. The van der Waals surface area contributed by atoms with Gasteiger partial charge in [0.2, 0.25) is 0 Å². The smallest absolute Gasteiger partial charge is 0.275 e. The van der Waals surface area contributed by atoms with Gasteiger partial charge < -0.3 is 0 Å². The van der Waals surface area contributed by atoms with Gasteiger partial charge in [0.05, 0.1) is 11.3 Å². The number of rotatable bonds is 2. The molecule has 0 fully saturated rings. The van der Waals surface area contributed by atoms with E-state index in [1.54, 1.807) is 0 Å². The van der Waals surface area contributed by atoms with Crippen molar-refractivity contribution in [2.75, 3.05) is 0 Å². The summed E-state index contributed by atoms with van der Waals surface area (Å²) in [6.45, 7) is 1.36. The molecule has 0 bridgehead atoms. The van der Waals surface area contributed by atoms with E-state index >= 15 is 0 Å². The Morgan fingerprint density at radius 2 is 1.94 bits per heavy atom. The summed E-state index contributed by atoms with van der Waals surface area (Å²) in [7, 11) is 0. The number of hydrogen-bond acceptors (Lipinski definition) is 3. The highest BCUT2D eigenvalue weighted by atomic mass is 16.1. The lowest BCUT2D eigenvalue weighted by Gasteiger charge is -2.00. The van der Waals surface area contributed by atoms with Crippen LogP contribution in [0.4, 0.5) is 0 Å². The normalized spacial score (nSPS) is 10.1. The monoisotopic (exact) mass is 214 g/mol. The summed E-state index contributed by atoms with van der Waals surface area (Å²) in [6, 6.07) is 10.9. The first-order valence-corrected chi connectivity index (χ1v) is 4.84. The highest BCUT2D eigenvalue weighted by Crippen LogP contribution is 2.14. The number of ketones is 1. The summed E-state index contributed by atoms with van der Waals surface area (Å²) in [5.74, 6) is -0.263. The molecule has 0 aliphatic heterocycles. The molecule has 0 saturated heterocycles. The Bertz CT molecular complexity index is 573. The van der Waals surface area contributed by atoms with E-state index in [4.69, 9.17) is 0 Å². The van der Waals surface area contributed by atoms with E-state index < -0.39 is 5.56 Å². The molecule has 0 atom stereocenters. The zero-order valence-electron chi connectivity index (χ0n) is 8.73. The van der Waals surface area contributed by atoms with E-state index in [1.165, 1.54) is 13.0 Å². The number of nitrogens with one attached hydrogen (secondary N) is 1. The Labute approximate surface area is 91.9 Å². The number of carbonyl (C=O) groups excluding carboxylic acids is 1. The first-order valence-electron chi connectivity index (χ1n) is 4.84. The van der Waals surface area contributed by atoms with Crippen LogP contribution in [0.3, 0.4) is 0 Å². The zero-order valence-corrected chi connectivity index (χ0v) is 8.73. The molecule has 1 heterocycles. The van der Waals surface area contributed by atoms with Gasteiger partial charge in [0, 0.05) is 5.56 Å². The number of aromatic amines is 1. The summed E-state index contributed by atoms with van der Waals surface area (Å²) in [4.78, 5) is 22.5. The SMILES string of the molecule is CC(=O)c1cc(-c2ccccc2)n[nH]c1=O. The van der Waals surface area contributed by atoms with Crippen molar-refractivity contribution >= 4 is 5.78 Å². The molecule has 0 amide bonds. The van der Waals surface area contributed by atoms with Gasteiger partial charge in [-0.1, -0.05) is 30.3 Å². The molecule has 1 N–H and O–H groups in total. The standard InChI is InChI=1S/C12H10N2O2/c1-8(15)10-7-11(13-14-12(10)16)9-5-3-2-4-6-9/h2-7H,1H3,(H,14,16). The summed E-state index contributed by atoms with van der Waals surface area (Å²) in [5.41, 5.74) is 1.13. The van der Waals surface area contributed by atoms with Gasteiger partial charge in [0.1, 0.15) is 0 Å². The van der Waals surface area contributed by atoms with E-state index in [-0.39, 0.29) is 11.3 Å². The lowest BCUT2D eigenvalue weighted by molar-refractivity contribution is 0.101. The largest absolute Gasteiger partial charge is 0.294 e. The highest BCUT2D eigenvalue weighted by molar-refractivity contribution is 5.94. The van der Waals surface area contributed by atoms with Gasteiger partial charge in [-0.2, -0.15) is 5.10 Å². The number of benzene rings is 1. The predicted octanol–water partition coefficient (Wildman–Crippen LogP) is 1.64. The van der Waals surface area contributed by atoms with Gasteiger partial charge in [0.15, 0.2) is 5.78 Å². The maximum atomic E-state index is 11.3. The van der Waals surface area contributed by atoms with Crippen LogP contribution in [0.15, 0.2) is 41.2 Å². The Kier molecular flexibility index (Phi) is 2.64. The van der Waals surface area contributed by atoms with Gasteiger partial charge in [-0.3, -0.25) is 9.59 Å². The van der Waals surface area contributed by atoms with Crippen LogP contribution in [-0.4, -0.2) is 16.0 Å². The van der Waals surface area contributed by atoms with Crippen molar-refractivity contribution in [2.24, 2.45) is 0 Å². The second-order valence-corrected chi connectivity index (χ2v) is 3.42. The lowest BCUT2D eigenvalue weighted by Crippen LogP contribution is -2.17. The van der Waals surface area contributed by atoms with Gasteiger partial charge in [-0.05, 0) is 13.0 Å². The van der Waals surface area contributed by atoms with Crippen LogP contribution in [0.2, 0.25) is 0 Å². The fourth-order valence-electron chi connectivity index (χ4n) is 1.42. The molecule has 1 aromatic carbocycles. The fraction of sp³-hybridized carbons (Fsp3) is 0.0833. The van der Waals surface area contributed by atoms with Crippen LogP contribution in [0, 0.1) is 0 Å². The molecule has 0 aliphatic rings. The number of aromatic nitrogens is 2. The van der Waals surface area contributed by atoms with Crippen molar-refractivity contribution in [2.45, 2.75) is 6.92 Å². The van der Waals surface area contributed by atoms with Crippen LogP contribution in [-0.2, 0) is 0 Å². The summed E-state index contributed by atoms with van der Waals surface area (Å²) in [6.07, 6.45) is 0. The van der Waals surface area contributed by atoms with Gasteiger partial charge in [0.25, 0.3) is 5.56 Å². The fourth-order valence-corrected chi connectivity index (χ4v) is 1.42. The topological polar surface area (TPSA) is 62.8 Å². The summed E-state index contributed by atoms with van der Waals surface area (Å²) in [5, 5.41) is 6.22. The van der Waals surface area contributed by atoms with Crippen molar-refractivity contribution < 1.29 is 4.79 Å². The number of Topliss-reactive ketones (excluding diaryl/α,β-unsaturated/α-hetero) is 1. The summed E-state index contributed by atoms with van der Waals surface area (Å²) < 4.78 is 0. The second kappa shape index (κ2) is 4.10. The lowest BCUT2D eigenvalue weighted by atomic mass is 10.1. The molecule has 80 valence electrons. The number of nitrogens with zero attached hydrogens (tertiary/aromatic N) is 1. The maximum Gasteiger partial charge on any atom is 0.275 e. The van der Waals surface area contributed by atoms with Crippen molar-refractivity contribution in [3.8, 4) is 11.3 Å². The minimum Gasteiger partial charge on any atom is -0.294 e. The minimum atomic E-state index is -0.452. The third-order valence-electron chi connectivity index (χ3n) is 2.25. The zero-order chi connectivity index (χ0) is 11.5. The van der Waals surface area contributed by atoms with Gasteiger partial charge in [-0.25, -0.2) is 5.10 Å². The molecule has 4 heteroatoms. The Morgan fingerprint density at radius 3 is 2.56 bits per heavy atom. The molecular formula is C12H10N2O2. The Morgan fingerprint density at radius 1 is 1.25 bits per heavy atom. The average molecular weight is 214 g/mol. The molecule has 16 heavy (non-hydrogen) atoms. The quantitative estimate of drug-likeness (QED) is 0.773. The van der Waals surface area contributed by atoms with Crippen LogP contribution in [0.1, 0.15) is 17.3 Å². The molecule has 1 aromatic heterocycles. The minimum absolute atomic E-state index is 0.133. The molecular weight excluding hydrogens is 204 g/mol. The molecule has 4 nitrogen and oxygen atoms in total. The number of H-pyrrole nitrogens is 1. The third-order valence-corrected chi connectivity index (χ3v) is 2.25. The van der Waals surface area contributed by atoms with Crippen LogP contribution in [0.25, 0.3) is 11.3 Å². The molecule has 2 rings (SSSR count). The van der Waals surface area contributed by atoms with E-state index in [2.05, 4.69) is 10.2 Å². The van der Waals surface area contributed by atoms with Crippen molar-refractivity contribution in [1.82, 2.24) is 10.2 Å². The molecule has 0 radical (unpaired) electrons. The van der Waals surface area contributed by atoms with Crippen LogP contribution >= 0.6 is 0 Å². The third kappa shape index (κ3) is 1.91. The van der Waals surface area contributed by atoms with Crippen molar-refractivity contribution in [3.63, 3.8) is 0 Å². The maximum absolute atomic E-state index is 11.3. The van der Waals surface area contributed by atoms with Crippen molar-refractivity contribution in [3.05, 3.63) is 52.3 Å². The first kappa shape index (κ1) is 10.3. The first-order chi connectivity index (χ1) is 7.68.